The number of H-pyrrole nitrogens is 1. The molecule has 12 nitrogen and oxygen atoms in total. The smallest absolute Gasteiger partial charge is 0.346 e. The quantitative estimate of drug-likeness (QED) is 0.338. The van der Waals surface area contributed by atoms with Crippen LogP contribution < -0.4 is 20.9 Å². The number of alkyl halides is 1. The molecule has 1 saturated heterocycles. The van der Waals surface area contributed by atoms with Gasteiger partial charge in [0.25, 0.3) is 11.8 Å². The number of hydrogen-bond donors (Lipinski definition) is 3. The lowest BCUT2D eigenvalue weighted by atomic mass is 9.98. The standard InChI is InChI=1S/C19H20ClFN3O9P/c1-9(15(27)28)23-34(30)33-16(31-11-6-4-3-5-10(11)20)13-14(26)19(2,21)17(32-13)24-8-7-12(25)22-18(24)29/h3-9,13-14,16-17,26H,1-2H3,(H,27,28)(H,22,25,29)/t9-,13+,14+,16?,17+,19+/m0/s1. The van der Waals surface area contributed by atoms with E-state index in [1.807, 2.05) is 4.98 Å². The van der Waals surface area contributed by atoms with Crippen LogP contribution in [0.1, 0.15) is 20.1 Å². The van der Waals surface area contributed by atoms with Crippen LogP contribution in [0.15, 0.2) is 50.9 Å². The van der Waals surface area contributed by atoms with Crippen LogP contribution in [-0.2, 0) is 14.1 Å². The molecule has 0 radical (unpaired) electrons. The van der Waals surface area contributed by atoms with Crippen molar-refractivity contribution in [2.45, 2.75) is 50.3 Å². The molecule has 1 fully saturated rings. The third kappa shape index (κ3) is 5.52. The van der Waals surface area contributed by atoms with Gasteiger partial charge in [-0.2, -0.15) is 0 Å². The van der Waals surface area contributed by atoms with E-state index in [9.17, 15) is 24.4 Å². The first-order valence-electron chi connectivity index (χ1n) is 9.74. The van der Waals surface area contributed by atoms with Crippen molar-refractivity contribution in [3.8, 4) is 5.75 Å². The molecule has 7 atom stereocenters. The number of aliphatic hydroxyl groups is 1. The molecule has 0 amide bonds. The second-order valence-corrected chi connectivity index (χ2v) is 8.78. The molecule has 15 heteroatoms. The molecule has 1 aliphatic rings. The molecular formula is C19H20ClFN3O9P. The topological polar surface area (TPSA) is 175 Å². The first-order valence-corrected chi connectivity index (χ1v) is 11.3. The number of halogens is 2. The molecule has 1 aromatic heterocycles. The first kappa shape index (κ1) is 25.9. The van der Waals surface area contributed by atoms with Gasteiger partial charge in [0.2, 0.25) is 0 Å². The van der Waals surface area contributed by atoms with Crippen molar-refractivity contribution in [3.05, 3.63) is 62.4 Å². The van der Waals surface area contributed by atoms with Crippen molar-refractivity contribution in [1.29, 1.82) is 0 Å². The Hall–Kier alpha value is -2.67. The first-order chi connectivity index (χ1) is 15.9. The summed E-state index contributed by atoms with van der Waals surface area (Å²) >= 11 is 6.08. The van der Waals surface area contributed by atoms with Crippen LogP contribution in [0.5, 0.6) is 5.75 Å². The van der Waals surface area contributed by atoms with Gasteiger partial charge in [0, 0.05) is 12.3 Å². The molecule has 2 aromatic rings. The number of aromatic amines is 1. The summed E-state index contributed by atoms with van der Waals surface area (Å²) < 4.78 is 36.1. The van der Waals surface area contributed by atoms with Crippen LogP contribution >= 0.6 is 19.8 Å². The van der Waals surface area contributed by atoms with E-state index >= 15 is 4.39 Å². The molecular weight excluding hydrogens is 500 g/mol. The molecule has 1 aliphatic heterocycles. The summed E-state index contributed by atoms with van der Waals surface area (Å²) in [6, 6.07) is 5.55. The van der Waals surface area contributed by atoms with Crippen LogP contribution in [0.3, 0.4) is 0 Å². The summed E-state index contributed by atoms with van der Waals surface area (Å²) in [5, 5.41) is 19.8. The highest BCUT2D eigenvalue weighted by Crippen LogP contribution is 2.44. The summed E-state index contributed by atoms with van der Waals surface area (Å²) in [7, 11) is -3.05. The van der Waals surface area contributed by atoms with E-state index in [-0.39, 0.29) is 10.8 Å². The van der Waals surface area contributed by atoms with Crippen molar-refractivity contribution in [1.82, 2.24) is 9.55 Å². The third-order valence-corrected chi connectivity index (χ3v) is 6.16. The van der Waals surface area contributed by atoms with Crippen LogP contribution in [0.4, 0.5) is 4.39 Å². The van der Waals surface area contributed by atoms with E-state index < -0.39 is 61.8 Å². The van der Waals surface area contributed by atoms with Crippen molar-refractivity contribution in [2.75, 3.05) is 0 Å². The Bertz CT molecular complexity index is 1200. The molecule has 3 rings (SSSR count). The molecule has 0 saturated carbocycles. The maximum absolute atomic E-state index is 15.6. The second-order valence-electron chi connectivity index (χ2n) is 7.46. The fourth-order valence-electron chi connectivity index (χ4n) is 3.11. The number of aromatic nitrogens is 2. The molecule has 0 aliphatic carbocycles. The zero-order chi connectivity index (χ0) is 25.2. The fourth-order valence-corrected chi connectivity index (χ4v) is 4.06. The van der Waals surface area contributed by atoms with E-state index in [1.54, 1.807) is 12.1 Å². The van der Waals surface area contributed by atoms with Crippen LogP contribution in [0, 0.1) is 0 Å². The number of rotatable bonds is 8. The van der Waals surface area contributed by atoms with Gasteiger partial charge in [-0.25, -0.2) is 14.0 Å². The minimum absolute atomic E-state index is 0.00938. The van der Waals surface area contributed by atoms with Crippen molar-refractivity contribution in [3.63, 3.8) is 0 Å². The average Bonchev–Trinajstić information content (AvgIpc) is 2.98. The predicted molar refractivity (Wildman–Crippen MR) is 114 cm³/mol. The molecule has 1 aromatic carbocycles. The Morgan fingerprint density at radius 2 is 2.09 bits per heavy atom. The minimum atomic E-state index is -3.05. The number of aliphatic carboxylic acids is 1. The Kier molecular flexibility index (Phi) is 7.86. The van der Waals surface area contributed by atoms with Gasteiger partial charge in [-0.05, 0) is 26.0 Å². The normalized spacial score (nSPS) is 26.8. The summed E-state index contributed by atoms with van der Waals surface area (Å²) in [5.41, 5.74) is -4.35. The van der Waals surface area contributed by atoms with E-state index in [0.29, 0.717) is 4.57 Å². The van der Waals surface area contributed by atoms with Gasteiger partial charge in [0.05, 0.1) is 5.02 Å². The monoisotopic (exact) mass is 519 g/mol. The van der Waals surface area contributed by atoms with E-state index in [2.05, 4.69) is 4.74 Å². The van der Waals surface area contributed by atoms with E-state index in [1.165, 1.54) is 12.1 Å². The molecule has 3 N–H and O–H groups in total. The van der Waals surface area contributed by atoms with Gasteiger partial charge < -0.3 is 24.6 Å². The zero-order valence-electron chi connectivity index (χ0n) is 17.7. The highest BCUT2D eigenvalue weighted by atomic mass is 35.5. The maximum atomic E-state index is 15.6. The van der Waals surface area contributed by atoms with E-state index in [4.69, 9.17) is 30.7 Å². The number of benzene rings is 1. The SMILES string of the molecule is C[C@H](N=[P+]([O-])OC(Oc1ccccc1Cl)[C@@H]1O[C@@H](n2ccc(=O)[nH]c2=O)[C@](C)(F)[C@@H]1O)C(=O)O. The lowest BCUT2D eigenvalue weighted by Crippen LogP contribution is -2.46. The number of carboxylic acid groups (broad SMARTS) is 1. The largest absolute Gasteiger partial charge is 0.583 e. The minimum Gasteiger partial charge on any atom is -0.583 e. The van der Waals surface area contributed by atoms with Gasteiger partial charge in [-0.3, -0.25) is 14.3 Å². The average molecular weight is 520 g/mol. The maximum Gasteiger partial charge on any atom is 0.346 e. The van der Waals surface area contributed by atoms with Gasteiger partial charge in [0.1, 0.15) is 11.9 Å². The van der Waals surface area contributed by atoms with Crippen molar-refractivity contribution < 1.29 is 38.3 Å². The van der Waals surface area contributed by atoms with Crippen LogP contribution in [-0.4, -0.2) is 55.9 Å². The Morgan fingerprint density at radius 3 is 2.71 bits per heavy atom. The number of carboxylic acids is 1. The highest BCUT2D eigenvalue weighted by molar-refractivity contribution is 7.33. The van der Waals surface area contributed by atoms with Crippen LogP contribution in [0.2, 0.25) is 5.02 Å². The summed E-state index contributed by atoms with van der Waals surface area (Å²) in [5.74, 6) is -1.38. The van der Waals surface area contributed by atoms with Gasteiger partial charge in [-0.15, -0.1) is 4.52 Å². The number of ether oxygens (including phenoxy) is 2. The lowest BCUT2D eigenvalue weighted by Gasteiger charge is -2.25. The van der Waals surface area contributed by atoms with Gasteiger partial charge in [-0.1, -0.05) is 28.5 Å². The Labute approximate surface area is 197 Å². The molecule has 0 bridgehead atoms. The number of carbonyl (C=O) groups is 1. The molecule has 0 spiro atoms. The fraction of sp³-hybridized carbons (Fsp3) is 0.421. The third-order valence-electron chi connectivity index (χ3n) is 4.93. The highest BCUT2D eigenvalue weighted by Gasteiger charge is 2.59. The Morgan fingerprint density at radius 1 is 1.41 bits per heavy atom. The number of hydrogen-bond acceptors (Lipinski definition) is 9. The number of nitrogens with one attached hydrogen (secondary N) is 1. The summed E-state index contributed by atoms with van der Waals surface area (Å²) in [4.78, 5) is 48.9. The number of aliphatic hydroxyl groups excluding tert-OH is 1. The van der Waals surface area contributed by atoms with E-state index in [0.717, 1.165) is 26.1 Å². The molecule has 2 unspecified atom stereocenters. The van der Waals surface area contributed by atoms with Gasteiger partial charge in [0.15, 0.2) is 24.0 Å². The van der Waals surface area contributed by atoms with Crippen molar-refractivity contribution in [2.24, 2.45) is 4.74 Å². The predicted octanol–water partition coefficient (Wildman–Crippen LogP) is 0.927. The summed E-state index contributed by atoms with van der Waals surface area (Å²) in [6.45, 7) is 2.10. The molecule has 184 valence electrons. The number of nitrogens with zero attached hydrogens (tertiary/aromatic N) is 2. The van der Waals surface area contributed by atoms with Crippen LogP contribution in [0.25, 0.3) is 0 Å². The molecule has 2 heterocycles. The zero-order valence-corrected chi connectivity index (χ0v) is 19.4. The summed E-state index contributed by atoms with van der Waals surface area (Å²) in [6.07, 6.45) is -6.26. The lowest BCUT2D eigenvalue weighted by molar-refractivity contribution is -0.206. The van der Waals surface area contributed by atoms with Crippen molar-refractivity contribution >= 4 is 25.7 Å². The molecule has 34 heavy (non-hydrogen) atoms. The second kappa shape index (κ2) is 10.3. The van der Waals surface area contributed by atoms with Gasteiger partial charge >= 0.3 is 19.8 Å². The Balaban J connectivity index is 1.98. The number of para-hydroxylation sites is 1.